The lowest BCUT2D eigenvalue weighted by Gasteiger charge is -2.15. The van der Waals surface area contributed by atoms with Crippen molar-refractivity contribution in [2.24, 2.45) is 0 Å². The summed E-state index contributed by atoms with van der Waals surface area (Å²) in [6.07, 6.45) is 4.00. The molecule has 0 fully saturated rings. The Hall–Kier alpha value is 0.0869. The summed E-state index contributed by atoms with van der Waals surface area (Å²) in [6, 6.07) is 0. The van der Waals surface area contributed by atoms with E-state index < -0.39 is 18.7 Å². The summed E-state index contributed by atoms with van der Waals surface area (Å²) in [7, 11) is -5.85. The van der Waals surface area contributed by atoms with Gasteiger partial charge in [0.05, 0.1) is 6.61 Å². The van der Waals surface area contributed by atoms with Gasteiger partial charge in [0, 0.05) is 0 Å². The summed E-state index contributed by atoms with van der Waals surface area (Å²) < 4.78 is 32.2. The average Bonchev–Trinajstić information content (AvgIpc) is 1.99. The molecular formula is C9H22O4SSi. The van der Waals surface area contributed by atoms with E-state index in [-0.39, 0.29) is 6.61 Å². The Kier molecular flexibility index (Phi) is 6.66. The molecule has 0 heterocycles. The van der Waals surface area contributed by atoms with Gasteiger partial charge in [-0.15, -0.1) is 0 Å². The van der Waals surface area contributed by atoms with Crippen molar-refractivity contribution < 1.29 is 16.5 Å². The zero-order valence-corrected chi connectivity index (χ0v) is 11.9. The second kappa shape index (κ2) is 6.62. The predicted octanol–water partition coefficient (Wildman–Crippen LogP) is 2.68. The summed E-state index contributed by atoms with van der Waals surface area (Å²) in [6.45, 7) is 7.76. The van der Waals surface area contributed by atoms with Gasteiger partial charge in [-0.2, -0.15) is 8.42 Å². The maximum atomic E-state index is 11.3. The van der Waals surface area contributed by atoms with Gasteiger partial charge in [0.15, 0.2) is 0 Å². The summed E-state index contributed by atoms with van der Waals surface area (Å²) in [5.74, 6) is 0. The first kappa shape index (κ1) is 15.1. The largest absolute Gasteiger partial charge is 0.390 e. The third kappa shape index (κ3) is 10.4. The zero-order chi connectivity index (χ0) is 11.9. The molecule has 0 aromatic rings. The molecule has 0 saturated carbocycles. The fourth-order valence-corrected chi connectivity index (χ4v) is 3.98. The maximum absolute atomic E-state index is 11.3. The van der Waals surface area contributed by atoms with Gasteiger partial charge in [-0.05, 0) is 26.1 Å². The van der Waals surface area contributed by atoms with Crippen molar-refractivity contribution in [3.8, 4) is 0 Å². The lowest BCUT2D eigenvalue weighted by atomic mass is 10.2. The van der Waals surface area contributed by atoms with Gasteiger partial charge in [0.2, 0.25) is 8.32 Å². The standard InChI is InChI=1S/C9H22O4SSi/c1-5-6-7-8-9-12-14(10,11)13-15(2,3)4/h5-9H2,1-4H3. The highest BCUT2D eigenvalue weighted by Crippen LogP contribution is 2.10. The molecule has 0 aromatic heterocycles. The van der Waals surface area contributed by atoms with E-state index >= 15 is 0 Å². The van der Waals surface area contributed by atoms with Crippen LogP contribution in [0.2, 0.25) is 19.6 Å². The molecule has 0 spiro atoms. The van der Waals surface area contributed by atoms with E-state index in [1.807, 2.05) is 19.6 Å². The molecular weight excluding hydrogens is 232 g/mol. The highest BCUT2D eigenvalue weighted by atomic mass is 32.3. The Bertz CT molecular complexity index is 256. The molecule has 15 heavy (non-hydrogen) atoms. The van der Waals surface area contributed by atoms with E-state index in [2.05, 4.69) is 6.92 Å². The molecule has 0 N–H and O–H groups in total. The first-order chi connectivity index (χ1) is 6.77. The summed E-state index contributed by atoms with van der Waals surface area (Å²) in [5, 5.41) is 0. The van der Waals surface area contributed by atoms with Crippen molar-refractivity contribution in [3.63, 3.8) is 0 Å². The lowest BCUT2D eigenvalue weighted by Crippen LogP contribution is -2.30. The minimum atomic E-state index is -3.76. The molecule has 0 atom stereocenters. The van der Waals surface area contributed by atoms with Crippen LogP contribution in [0.3, 0.4) is 0 Å². The number of hydrogen-bond donors (Lipinski definition) is 0. The number of unbranched alkanes of at least 4 members (excludes halogenated alkanes) is 3. The molecule has 0 aliphatic heterocycles. The van der Waals surface area contributed by atoms with Gasteiger partial charge < -0.3 is 0 Å². The van der Waals surface area contributed by atoms with Gasteiger partial charge >= 0.3 is 10.4 Å². The Balaban J connectivity index is 3.76. The monoisotopic (exact) mass is 254 g/mol. The van der Waals surface area contributed by atoms with Crippen molar-refractivity contribution in [1.82, 2.24) is 0 Å². The van der Waals surface area contributed by atoms with Crippen molar-refractivity contribution in [3.05, 3.63) is 0 Å². The van der Waals surface area contributed by atoms with Crippen LogP contribution in [0.1, 0.15) is 32.6 Å². The fraction of sp³-hybridized carbons (Fsp3) is 1.00. The van der Waals surface area contributed by atoms with E-state index in [1.54, 1.807) is 0 Å². The average molecular weight is 254 g/mol. The van der Waals surface area contributed by atoms with Crippen molar-refractivity contribution in [2.45, 2.75) is 52.2 Å². The Morgan fingerprint density at radius 3 is 2.13 bits per heavy atom. The fourth-order valence-electron chi connectivity index (χ4n) is 1.02. The van der Waals surface area contributed by atoms with Crippen LogP contribution in [-0.2, 0) is 18.5 Å². The second-order valence-electron chi connectivity index (χ2n) is 4.49. The lowest BCUT2D eigenvalue weighted by molar-refractivity contribution is 0.265. The third-order valence-corrected chi connectivity index (χ3v) is 4.85. The van der Waals surface area contributed by atoms with Gasteiger partial charge in [0.25, 0.3) is 0 Å². The van der Waals surface area contributed by atoms with Gasteiger partial charge in [-0.1, -0.05) is 26.2 Å². The van der Waals surface area contributed by atoms with Crippen LogP contribution in [-0.4, -0.2) is 23.3 Å². The molecule has 0 radical (unpaired) electrons. The van der Waals surface area contributed by atoms with Crippen LogP contribution in [0.4, 0.5) is 0 Å². The van der Waals surface area contributed by atoms with Gasteiger partial charge in [0.1, 0.15) is 0 Å². The molecule has 4 nitrogen and oxygen atoms in total. The summed E-state index contributed by atoms with van der Waals surface area (Å²) in [5.41, 5.74) is 0. The van der Waals surface area contributed by atoms with Crippen LogP contribution in [0, 0.1) is 0 Å². The van der Waals surface area contributed by atoms with Crippen LogP contribution in [0.5, 0.6) is 0 Å². The Morgan fingerprint density at radius 1 is 1.07 bits per heavy atom. The summed E-state index contributed by atoms with van der Waals surface area (Å²) >= 11 is 0. The molecule has 0 aliphatic carbocycles. The molecule has 0 aromatic carbocycles. The van der Waals surface area contributed by atoms with Crippen LogP contribution in [0.15, 0.2) is 0 Å². The molecule has 0 amide bonds. The minimum Gasteiger partial charge on any atom is -0.294 e. The van der Waals surface area contributed by atoms with Gasteiger partial charge in [-0.25, -0.2) is 4.18 Å². The van der Waals surface area contributed by atoms with Crippen LogP contribution < -0.4 is 0 Å². The quantitative estimate of drug-likeness (QED) is 0.493. The smallest absolute Gasteiger partial charge is 0.294 e. The zero-order valence-electron chi connectivity index (χ0n) is 10.1. The number of rotatable bonds is 8. The second-order valence-corrected chi connectivity index (χ2v) is 10.4. The molecule has 92 valence electrons. The summed E-state index contributed by atoms with van der Waals surface area (Å²) in [4.78, 5) is 0. The van der Waals surface area contributed by atoms with Crippen LogP contribution in [0.25, 0.3) is 0 Å². The maximum Gasteiger partial charge on any atom is 0.390 e. The molecule has 0 aliphatic rings. The van der Waals surface area contributed by atoms with Crippen molar-refractivity contribution in [1.29, 1.82) is 0 Å². The third-order valence-electron chi connectivity index (χ3n) is 1.58. The molecule has 0 saturated heterocycles. The minimum absolute atomic E-state index is 0.229. The van der Waals surface area contributed by atoms with Crippen LogP contribution >= 0.6 is 0 Å². The number of hydrogen-bond acceptors (Lipinski definition) is 4. The normalized spacial score (nSPS) is 13.1. The molecule has 6 heteroatoms. The Labute approximate surface area is 94.4 Å². The molecule has 0 bridgehead atoms. The highest BCUT2D eigenvalue weighted by Gasteiger charge is 2.24. The van der Waals surface area contributed by atoms with Gasteiger partial charge in [-0.3, -0.25) is 3.87 Å². The van der Waals surface area contributed by atoms with E-state index in [0.717, 1.165) is 25.7 Å². The first-order valence-electron chi connectivity index (χ1n) is 5.37. The van der Waals surface area contributed by atoms with Crippen molar-refractivity contribution >= 4 is 18.7 Å². The first-order valence-corrected chi connectivity index (χ1v) is 10.1. The van der Waals surface area contributed by atoms with E-state index in [9.17, 15) is 8.42 Å². The SMILES string of the molecule is CCCCCCOS(=O)(=O)O[Si](C)(C)C. The topological polar surface area (TPSA) is 52.6 Å². The van der Waals surface area contributed by atoms with Crippen molar-refractivity contribution in [2.75, 3.05) is 6.61 Å². The Morgan fingerprint density at radius 2 is 1.67 bits per heavy atom. The van der Waals surface area contributed by atoms with E-state index in [0.29, 0.717) is 0 Å². The van der Waals surface area contributed by atoms with E-state index in [4.69, 9.17) is 8.06 Å². The molecule has 0 rings (SSSR count). The predicted molar refractivity (Wildman–Crippen MR) is 63.4 cm³/mol. The highest BCUT2D eigenvalue weighted by molar-refractivity contribution is 7.83. The molecule has 0 unspecified atom stereocenters. The van der Waals surface area contributed by atoms with E-state index in [1.165, 1.54) is 0 Å².